The Balaban J connectivity index is 2.26. The van der Waals surface area contributed by atoms with Crippen molar-refractivity contribution in [2.45, 2.75) is 0 Å². The van der Waals surface area contributed by atoms with Gasteiger partial charge in [-0.3, -0.25) is 0 Å². The summed E-state index contributed by atoms with van der Waals surface area (Å²) >= 11 is 5.63. The number of rotatable bonds is 2. The molecule has 0 fully saturated rings. The van der Waals surface area contributed by atoms with E-state index in [1.807, 2.05) is 6.07 Å². The average Bonchev–Trinajstić information content (AvgIpc) is 2.36. The number of nitrogens with one attached hydrogen (secondary N) is 1. The van der Waals surface area contributed by atoms with E-state index in [1.165, 1.54) is 24.5 Å². The molecular weight excluding hydrogens is 243 g/mol. The van der Waals surface area contributed by atoms with Gasteiger partial charge in [0.05, 0.1) is 23.1 Å². The summed E-state index contributed by atoms with van der Waals surface area (Å²) in [6, 6.07) is 6.44. The van der Waals surface area contributed by atoms with Crippen LogP contribution in [0.25, 0.3) is 0 Å². The van der Waals surface area contributed by atoms with E-state index in [1.54, 1.807) is 6.07 Å². The summed E-state index contributed by atoms with van der Waals surface area (Å²) in [5, 5.41) is 11.3. The Bertz CT molecular complexity index is 577. The highest BCUT2D eigenvalue weighted by Crippen LogP contribution is 2.24. The van der Waals surface area contributed by atoms with E-state index in [0.717, 1.165) is 0 Å². The zero-order valence-corrected chi connectivity index (χ0v) is 9.24. The zero-order chi connectivity index (χ0) is 12.3. The molecule has 0 saturated heterocycles. The van der Waals surface area contributed by atoms with Crippen molar-refractivity contribution in [1.82, 2.24) is 9.97 Å². The summed E-state index contributed by atoms with van der Waals surface area (Å²) in [6.45, 7) is 0. The molecule has 4 nitrogen and oxygen atoms in total. The van der Waals surface area contributed by atoms with Gasteiger partial charge in [0.2, 0.25) is 0 Å². The van der Waals surface area contributed by atoms with Crippen molar-refractivity contribution >= 4 is 23.1 Å². The number of aromatic nitrogens is 2. The first-order valence-electron chi connectivity index (χ1n) is 4.64. The lowest BCUT2D eigenvalue weighted by Gasteiger charge is -2.06. The first-order valence-corrected chi connectivity index (χ1v) is 5.01. The average molecular weight is 249 g/mol. The normalized spacial score (nSPS) is 9.71. The van der Waals surface area contributed by atoms with Crippen LogP contribution in [0.2, 0.25) is 5.02 Å². The fourth-order valence-corrected chi connectivity index (χ4v) is 1.36. The summed E-state index contributed by atoms with van der Waals surface area (Å²) in [5.41, 5.74) is 0.402. The molecule has 17 heavy (non-hydrogen) atoms. The van der Waals surface area contributed by atoms with Crippen molar-refractivity contribution in [3.63, 3.8) is 0 Å². The second-order valence-electron chi connectivity index (χ2n) is 3.13. The van der Waals surface area contributed by atoms with Crippen LogP contribution in [0.5, 0.6) is 0 Å². The first-order chi connectivity index (χ1) is 8.20. The van der Waals surface area contributed by atoms with Crippen LogP contribution in [0.1, 0.15) is 5.69 Å². The number of anilines is 2. The van der Waals surface area contributed by atoms with Gasteiger partial charge in [-0.05, 0) is 12.1 Å². The lowest BCUT2D eigenvalue weighted by atomic mass is 10.3. The van der Waals surface area contributed by atoms with Gasteiger partial charge < -0.3 is 5.32 Å². The summed E-state index contributed by atoms with van der Waals surface area (Å²) in [7, 11) is 0. The Kier molecular flexibility index (Phi) is 3.17. The van der Waals surface area contributed by atoms with E-state index in [4.69, 9.17) is 16.9 Å². The van der Waals surface area contributed by atoms with Crippen molar-refractivity contribution in [3.05, 3.63) is 47.1 Å². The van der Waals surface area contributed by atoms with Gasteiger partial charge in [-0.1, -0.05) is 17.7 Å². The molecule has 0 amide bonds. The largest absolute Gasteiger partial charge is 0.337 e. The Labute approximate surface area is 102 Å². The Morgan fingerprint density at radius 2 is 2.12 bits per heavy atom. The summed E-state index contributed by atoms with van der Waals surface area (Å²) in [6.07, 6.45) is 2.64. The molecular formula is C11H6ClFN4. The van der Waals surface area contributed by atoms with Gasteiger partial charge in [0.25, 0.3) is 0 Å². The Hall–Kier alpha value is -2.19. The van der Waals surface area contributed by atoms with Crippen LogP contribution >= 0.6 is 11.6 Å². The third kappa shape index (κ3) is 2.49. The van der Waals surface area contributed by atoms with E-state index in [-0.39, 0.29) is 16.4 Å². The van der Waals surface area contributed by atoms with Crippen LogP contribution in [0, 0.1) is 17.1 Å². The Morgan fingerprint density at radius 3 is 2.76 bits per heavy atom. The third-order valence-corrected chi connectivity index (χ3v) is 2.27. The number of halogens is 2. The highest BCUT2D eigenvalue weighted by molar-refractivity contribution is 6.31. The molecule has 0 aliphatic carbocycles. The van der Waals surface area contributed by atoms with E-state index in [2.05, 4.69) is 15.3 Å². The van der Waals surface area contributed by atoms with Crippen LogP contribution in [-0.2, 0) is 0 Å². The minimum atomic E-state index is -0.555. The van der Waals surface area contributed by atoms with Crippen LogP contribution in [0.3, 0.4) is 0 Å². The van der Waals surface area contributed by atoms with Crippen LogP contribution < -0.4 is 5.32 Å². The number of hydrogen-bond donors (Lipinski definition) is 1. The van der Waals surface area contributed by atoms with E-state index >= 15 is 0 Å². The maximum absolute atomic E-state index is 13.5. The molecule has 6 heteroatoms. The standard InChI is InChI=1S/C11H6ClFN4/c12-8-2-1-3-9(11(8)13)17-10-6-15-7(4-14)5-16-10/h1-3,5-6H,(H,16,17). The molecule has 0 aliphatic heterocycles. The SMILES string of the molecule is N#Cc1cnc(Nc2cccc(Cl)c2F)cn1. The second kappa shape index (κ2) is 4.76. The van der Waals surface area contributed by atoms with Gasteiger partial charge in [0.15, 0.2) is 11.5 Å². The van der Waals surface area contributed by atoms with Gasteiger partial charge in [-0.15, -0.1) is 0 Å². The second-order valence-corrected chi connectivity index (χ2v) is 3.53. The zero-order valence-electron chi connectivity index (χ0n) is 8.48. The molecule has 0 unspecified atom stereocenters. The van der Waals surface area contributed by atoms with Crippen molar-refractivity contribution in [3.8, 4) is 6.07 Å². The molecule has 0 saturated carbocycles. The van der Waals surface area contributed by atoms with Gasteiger partial charge in [-0.2, -0.15) is 5.26 Å². The molecule has 1 aromatic heterocycles. The summed E-state index contributed by atoms with van der Waals surface area (Å²) < 4.78 is 13.5. The van der Waals surface area contributed by atoms with Crippen molar-refractivity contribution in [1.29, 1.82) is 5.26 Å². The molecule has 2 rings (SSSR count). The number of hydrogen-bond acceptors (Lipinski definition) is 4. The molecule has 0 aliphatic rings. The number of nitrogens with zero attached hydrogens (tertiary/aromatic N) is 3. The quantitative estimate of drug-likeness (QED) is 0.888. The highest BCUT2D eigenvalue weighted by Gasteiger charge is 2.06. The molecule has 0 radical (unpaired) electrons. The smallest absolute Gasteiger partial charge is 0.165 e. The third-order valence-electron chi connectivity index (χ3n) is 1.98. The van der Waals surface area contributed by atoms with Crippen LogP contribution in [0.4, 0.5) is 15.9 Å². The summed E-state index contributed by atoms with van der Waals surface area (Å²) in [4.78, 5) is 7.71. The fourth-order valence-electron chi connectivity index (χ4n) is 1.19. The lowest BCUT2D eigenvalue weighted by molar-refractivity contribution is 0.632. The minimum absolute atomic E-state index is 0.0246. The monoisotopic (exact) mass is 248 g/mol. The van der Waals surface area contributed by atoms with Gasteiger partial charge in [-0.25, -0.2) is 14.4 Å². The highest BCUT2D eigenvalue weighted by atomic mass is 35.5. The number of nitriles is 1. The molecule has 0 spiro atoms. The maximum Gasteiger partial charge on any atom is 0.165 e. The topological polar surface area (TPSA) is 61.6 Å². The fraction of sp³-hybridized carbons (Fsp3) is 0. The molecule has 2 aromatic rings. The van der Waals surface area contributed by atoms with Gasteiger partial charge >= 0.3 is 0 Å². The lowest BCUT2D eigenvalue weighted by Crippen LogP contribution is -1.98. The Morgan fingerprint density at radius 1 is 1.29 bits per heavy atom. The molecule has 0 bridgehead atoms. The van der Waals surface area contributed by atoms with E-state index < -0.39 is 5.82 Å². The molecule has 1 N–H and O–H groups in total. The van der Waals surface area contributed by atoms with Crippen molar-refractivity contribution in [2.24, 2.45) is 0 Å². The minimum Gasteiger partial charge on any atom is -0.337 e. The van der Waals surface area contributed by atoms with E-state index in [0.29, 0.717) is 5.82 Å². The maximum atomic E-state index is 13.5. The molecule has 0 atom stereocenters. The van der Waals surface area contributed by atoms with Gasteiger partial charge in [0, 0.05) is 0 Å². The molecule has 84 valence electrons. The van der Waals surface area contributed by atoms with Gasteiger partial charge in [0.1, 0.15) is 11.9 Å². The summed E-state index contributed by atoms with van der Waals surface area (Å²) in [5.74, 6) is -0.217. The van der Waals surface area contributed by atoms with E-state index in [9.17, 15) is 4.39 Å². The predicted octanol–water partition coefficient (Wildman–Crippen LogP) is 2.88. The number of benzene rings is 1. The van der Waals surface area contributed by atoms with Crippen LogP contribution in [-0.4, -0.2) is 9.97 Å². The first kappa shape index (κ1) is 11.3. The van der Waals surface area contributed by atoms with Crippen LogP contribution in [0.15, 0.2) is 30.6 Å². The molecule has 1 heterocycles. The van der Waals surface area contributed by atoms with Crippen molar-refractivity contribution < 1.29 is 4.39 Å². The molecule has 1 aromatic carbocycles. The van der Waals surface area contributed by atoms with Crippen molar-refractivity contribution in [2.75, 3.05) is 5.32 Å². The predicted molar refractivity (Wildman–Crippen MR) is 61.4 cm³/mol.